The Morgan fingerprint density at radius 2 is 1.67 bits per heavy atom. The Balaban J connectivity index is 1.53. The summed E-state index contributed by atoms with van der Waals surface area (Å²) in [6.07, 6.45) is -2.34. The van der Waals surface area contributed by atoms with Crippen molar-refractivity contribution in [3.8, 4) is 5.75 Å². The number of benzene rings is 2. The van der Waals surface area contributed by atoms with E-state index in [9.17, 15) is 22.8 Å². The molecule has 0 saturated carbocycles. The molecular weight excluding hydrogens is 587 g/mol. The Kier molecular flexibility index (Phi) is 8.37. The first kappa shape index (κ1) is 33.9. The van der Waals surface area contributed by atoms with Gasteiger partial charge in [-0.05, 0) is 127 Å². The lowest BCUT2D eigenvalue weighted by Crippen LogP contribution is -2.56. The van der Waals surface area contributed by atoms with Crippen molar-refractivity contribution in [3.05, 3.63) is 92.6 Å². The van der Waals surface area contributed by atoms with Gasteiger partial charge in [0.2, 0.25) is 0 Å². The Hall–Kier alpha value is -3.45. The fourth-order valence-corrected chi connectivity index (χ4v) is 9.16. The maximum absolute atomic E-state index is 14.3. The van der Waals surface area contributed by atoms with Crippen LogP contribution in [0.3, 0.4) is 0 Å². The molecule has 0 radical (unpaired) electrons. The number of rotatable bonds is 7. The van der Waals surface area contributed by atoms with Crippen molar-refractivity contribution in [2.45, 2.75) is 107 Å². The topological polar surface area (TPSA) is 55.4 Å². The van der Waals surface area contributed by atoms with Crippen LogP contribution < -0.4 is 10.1 Å². The van der Waals surface area contributed by atoms with Crippen LogP contribution >= 0.6 is 0 Å². The molecule has 0 unspecified atom stereocenters. The highest BCUT2D eigenvalue weighted by molar-refractivity contribution is 6.23. The summed E-state index contributed by atoms with van der Waals surface area (Å²) in [7, 11) is 0. The van der Waals surface area contributed by atoms with Crippen molar-refractivity contribution in [2.75, 3.05) is 0 Å². The first-order chi connectivity index (χ1) is 21.2. The van der Waals surface area contributed by atoms with Gasteiger partial charge in [0.15, 0.2) is 11.6 Å². The molecule has 1 N–H and O–H groups in total. The molecule has 0 aliphatic heterocycles. The number of carbonyl (C=O) groups excluding carboxylic acids is 2. The minimum Gasteiger partial charge on any atom is -0.406 e. The van der Waals surface area contributed by atoms with Crippen LogP contribution in [0, 0.1) is 23.2 Å². The molecule has 3 atom stereocenters. The average Bonchev–Trinajstić information content (AvgIpc) is 2.91. The molecule has 3 aliphatic rings. The monoisotopic (exact) mass is 633 g/mol. The van der Waals surface area contributed by atoms with E-state index in [0.717, 1.165) is 57.4 Å². The Morgan fingerprint density at radius 1 is 1.04 bits per heavy atom. The zero-order valence-corrected chi connectivity index (χ0v) is 28.6. The normalized spacial score (nSPS) is 26.3. The highest BCUT2D eigenvalue weighted by atomic mass is 19.4. The molecular formula is C39H46F3NO3. The molecule has 0 saturated heterocycles. The van der Waals surface area contributed by atoms with E-state index in [0.29, 0.717) is 25.1 Å². The van der Waals surface area contributed by atoms with Crippen LogP contribution in [0.1, 0.15) is 108 Å². The van der Waals surface area contributed by atoms with Gasteiger partial charge >= 0.3 is 6.36 Å². The van der Waals surface area contributed by atoms with Crippen molar-refractivity contribution in [3.63, 3.8) is 0 Å². The predicted octanol–water partition coefficient (Wildman–Crippen LogP) is 9.49. The number of allylic oxidation sites excluding steroid dienone is 5. The second-order valence-corrected chi connectivity index (χ2v) is 14.8. The molecule has 0 aromatic heterocycles. The van der Waals surface area contributed by atoms with Gasteiger partial charge < -0.3 is 10.1 Å². The van der Waals surface area contributed by atoms with E-state index >= 15 is 0 Å². The average molecular weight is 634 g/mol. The fourth-order valence-electron chi connectivity index (χ4n) is 9.16. The van der Waals surface area contributed by atoms with E-state index < -0.39 is 11.8 Å². The summed E-state index contributed by atoms with van der Waals surface area (Å²) in [5, 5.41) is 3.47. The third kappa shape index (κ3) is 5.38. The van der Waals surface area contributed by atoms with Crippen molar-refractivity contribution < 1.29 is 27.5 Å². The second-order valence-electron chi connectivity index (χ2n) is 14.8. The second kappa shape index (κ2) is 11.4. The number of ether oxygens (including phenoxy) is 1. The number of carbonyl (C=O) groups is 2. The number of Topliss-reactive ketones (excluding diaryl/α,β-unsaturated/α-hetero) is 2. The summed E-state index contributed by atoms with van der Waals surface area (Å²) in [5.41, 5.74) is 9.95. The largest absolute Gasteiger partial charge is 0.573 e. The number of alkyl halides is 3. The number of fused-ring (bicyclic) bond motifs is 3. The molecule has 2 aromatic rings. The van der Waals surface area contributed by atoms with Gasteiger partial charge in [0.1, 0.15) is 5.75 Å². The van der Waals surface area contributed by atoms with Gasteiger partial charge in [0.05, 0.1) is 11.0 Å². The van der Waals surface area contributed by atoms with Crippen LogP contribution in [-0.4, -0.2) is 17.9 Å². The molecule has 0 amide bonds. The van der Waals surface area contributed by atoms with Crippen molar-refractivity contribution in [1.29, 1.82) is 0 Å². The first-order valence-electron chi connectivity index (χ1n) is 16.1. The number of hydrogen-bond acceptors (Lipinski definition) is 4. The Bertz CT molecular complexity index is 1710. The van der Waals surface area contributed by atoms with Crippen LogP contribution in [-0.2, 0) is 29.1 Å². The molecule has 246 valence electrons. The minimum absolute atomic E-state index is 0.0626. The van der Waals surface area contributed by atoms with Gasteiger partial charge in [0.25, 0.3) is 0 Å². The summed E-state index contributed by atoms with van der Waals surface area (Å²) >= 11 is 0. The van der Waals surface area contributed by atoms with Crippen LogP contribution in [0.5, 0.6) is 5.75 Å². The number of nitrogens with one attached hydrogen (secondary N) is 1. The fraction of sp³-hybridized carbons (Fsp3) is 0.487. The number of hydrogen-bond donors (Lipinski definition) is 1. The van der Waals surface area contributed by atoms with E-state index in [1.165, 1.54) is 30.2 Å². The first-order valence-corrected chi connectivity index (χ1v) is 16.1. The molecule has 2 aromatic carbocycles. The number of ketones is 2. The Labute approximate surface area is 271 Å². The van der Waals surface area contributed by atoms with Crippen molar-refractivity contribution in [1.82, 2.24) is 5.32 Å². The lowest BCUT2D eigenvalue weighted by molar-refractivity contribution is -0.274. The summed E-state index contributed by atoms with van der Waals surface area (Å²) in [6.45, 7) is 24.5. The van der Waals surface area contributed by atoms with Crippen molar-refractivity contribution in [2.24, 2.45) is 16.2 Å². The van der Waals surface area contributed by atoms with Gasteiger partial charge in [-0.15, -0.1) is 13.2 Å². The van der Waals surface area contributed by atoms with E-state index in [2.05, 4.69) is 57.7 Å². The lowest BCUT2D eigenvalue weighted by atomic mass is 9.42. The lowest BCUT2D eigenvalue weighted by Gasteiger charge is -2.60. The molecule has 0 fully saturated rings. The SMILES string of the molecule is C=C1C2=C(C)[C@]3(C)C(=O)C(C(C)=O)=C(C)C[C@]3(C)C[C@]2(C)Cc2c(C(C)C)cc(CNCc3ccc(OC(F)(F)F)cc3)c(C)c21. The Morgan fingerprint density at radius 3 is 2.24 bits per heavy atom. The predicted molar refractivity (Wildman–Crippen MR) is 176 cm³/mol. The summed E-state index contributed by atoms with van der Waals surface area (Å²) in [6, 6.07) is 8.21. The summed E-state index contributed by atoms with van der Waals surface area (Å²) in [4.78, 5) is 26.9. The molecule has 0 spiro atoms. The molecule has 0 bridgehead atoms. The van der Waals surface area contributed by atoms with Crippen LogP contribution in [0.4, 0.5) is 13.2 Å². The van der Waals surface area contributed by atoms with Crippen LogP contribution in [0.25, 0.3) is 5.57 Å². The van der Waals surface area contributed by atoms with Gasteiger partial charge in [-0.1, -0.05) is 63.6 Å². The molecule has 4 nitrogen and oxygen atoms in total. The third-order valence-electron chi connectivity index (χ3n) is 11.3. The van der Waals surface area contributed by atoms with E-state index in [4.69, 9.17) is 6.58 Å². The maximum atomic E-state index is 14.3. The van der Waals surface area contributed by atoms with Gasteiger partial charge in [-0.3, -0.25) is 9.59 Å². The van der Waals surface area contributed by atoms with E-state index in [-0.39, 0.29) is 34.1 Å². The van der Waals surface area contributed by atoms with Crippen LogP contribution in [0.2, 0.25) is 0 Å². The molecule has 7 heteroatoms. The smallest absolute Gasteiger partial charge is 0.406 e. The van der Waals surface area contributed by atoms with Crippen molar-refractivity contribution >= 4 is 17.1 Å². The molecule has 5 rings (SSSR count). The zero-order chi connectivity index (χ0) is 34.1. The molecule has 0 heterocycles. The quantitative estimate of drug-likeness (QED) is 0.309. The molecule has 3 aliphatic carbocycles. The highest BCUT2D eigenvalue weighted by Crippen LogP contribution is 2.68. The summed E-state index contributed by atoms with van der Waals surface area (Å²) in [5.74, 6) is -0.187. The minimum atomic E-state index is -4.72. The van der Waals surface area contributed by atoms with Gasteiger partial charge in [-0.2, -0.15) is 0 Å². The summed E-state index contributed by atoms with van der Waals surface area (Å²) < 4.78 is 41.7. The molecule has 46 heavy (non-hydrogen) atoms. The standard InChI is InChI=1S/C39H46F3NO3/c1-21(2)30-15-28(19-43-18-27-11-13-29(14-12-27)46-39(40,41)42)23(4)33-24(5)34-25(6)38(10)35(45)32(26(7)44)22(3)16-37(38,9)20-36(34,8)17-31(30)33/h11-15,21,43H,5,16-20H2,1-4,6-10H3/t36-,37+,38+/m0/s1. The van der Waals surface area contributed by atoms with E-state index in [1.54, 1.807) is 12.1 Å². The third-order valence-corrected chi connectivity index (χ3v) is 11.3. The maximum Gasteiger partial charge on any atom is 0.573 e. The van der Waals surface area contributed by atoms with Gasteiger partial charge in [-0.25, -0.2) is 0 Å². The highest BCUT2D eigenvalue weighted by Gasteiger charge is 2.62. The van der Waals surface area contributed by atoms with Gasteiger partial charge in [0, 0.05) is 13.1 Å². The number of halogens is 3. The van der Waals surface area contributed by atoms with Crippen LogP contribution in [0.15, 0.2) is 59.2 Å². The zero-order valence-electron chi connectivity index (χ0n) is 28.6. The van der Waals surface area contributed by atoms with E-state index in [1.807, 2.05) is 13.8 Å².